The summed E-state index contributed by atoms with van der Waals surface area (Å²) in [6, 6.07) is 12.8. The number of phenols is 1. The molecule has 3 heteroatoms. The van der Waals surface area contributed by atoms with Crippen molar-refractivity contribution >= 4 is 0 Å². The van der Waals surface area contributed by atoms with Crippen molar-refractivity contribution in [3.63, 3.8) is 0 Å². The molecule has 0 radical (unpaired) electrons. The molecule has 3 nitrogen and oxygen atoms in total. The molecular formula is C30H42O3. The van der Waals surface area contributed by atoms with Crippen LogP contribution in [0.1, 0.15) is 119 Å². The molecule has 0 aromatic heterocycles. The molecule has 2 saturated carbocycles. The number of benzene rings is 2. The summed E-state index contributed by atoms with van der Waals surface area (Å²) in [5.74, 6) is 2.34. The Hall–Kier alpha value is -2.00. The molecule has 1 atom stereocenters. The Balaban J connectivity index is 1.49. The molecule has 2 fully saturated rings. The molecule has 2 aliphatic carbocycles. The van der Waals surface area contributed by atoms with Crippen LogP contribution in [0.15, 0.2) is 36.4 Å². The van der Waals surface area contributed by atoms with E-state index in [0.29, 0.717) is 36.9 Å². The van der Waals surface area contributed by atoms with Gasteiger partial charge in [-0.2, -0.15) is 0 Å². The van der Waals surface area contributed by atoms with Gasteiger partial charge in [-0.15, -0.1) is 0 Å². The Labute approximate surface area is 200 Å². The number of hydrogen-bond donors (Lipinski definition) is 1. The maximum atomic E-state index is 11.1. The Bertz CT molecular complexity index is 861. The summed E-state index contributed by atoms with van der Waals surface area (Å²) in [7, 11) is 0. The van der Waals surface area contributed by atoms with Crippen LogP contribution in [0, 0.1) is 0 Å². The molecule has 180 valence electrons. The molecule has 33 heavy (non-hydrogen) atoms. The Morgan fingerprint density at radius 2 is 1.45 bits per heavy atom. The van der Waals surface area contributed by atoms with Gasteiger partial charge in [-0.05, 0) is 79.3 Å². The Morgan fingerprint density at radius 3 is 2.09 bits per heavy atom. The number of ether oxygens (including phenoxy) is 2. The van der Waals surface area contributed by atoms with Gasteiger partial charge in [0, 0.05) is 11.1 Å². The lowest BCUT2D eigenvalue weighted by molar-refractivity contribution is 0.0159. The SMILES string of the molecule is CCC(C)c1ccc(OCc2cc(C3CCCCC3)cc(COC3CCCCC3)c2O)cc1. The summed E-state index contributed by atoms with van der Waals surface area (Å²) in [5.41, 5.74) is 4.50. The van der Waals surface area contributed by atoms with E-state index in [9.17, 15) is 5.11 Å². The molecule has 0 spiro atoms. The first-order valence-electron chi connectivity index (χ1n) is 13.3. The lowest BCUT2D eigenvalue weighted by Gasteiger charge is -2.25. The highest BCUT2D eigenvalue weighted by Crippen LogP contribution is 2.37. The smallest absolute Gasteiger partial charge is 0.127 e. The highest BCUT2D eigenvalue weighted by molar-refractivity contribution is 5.45. The summed E-state index contributed by atoms with van der Waals surface area (Å²) in [5, 5.41) is 11.1. The quantitative estimate of drug-likeness (QED) is 0.417. The maximum Gasteiger partial charge on any atom is 0.127 e. The van der Waals surface area contributed by atoms with E-state index in [4.69, 9.17) is 9.47 Å². The average molecular weight is 451 g/mol. The van der Waals surface area contributed by atoms with Gasteiger partial charge < -0.3 is 14.6 Å². The van der Waals surface area contributed by atoms with Gasteiger partial charge in [-0.25, -0.2) is 0 Å². The molecule has 0 aliphatic heterocycles. The Kier molecular flexibility index (Phi) is 8.72. The summed E-state index contributed by atoms with van der Waals surface area (Å²) < 4.78 is 12.4. The second-order valence-corrected chi connectivity index (χ2v) is 10.3. The van der Waals surface area contributed by atoms with Crippen molar-refractivity contribution in [3.8, 4) is 11.5 Å². The molecule has 1 unspecified atom stereocenters. The first kappa shape index (κ1) is 24.1. The number of rotatable bonds is 9. The van der Waals surface area contributed by atoms with Crippen LogP contribution in [0.25, 0.3) is 0 Å². The molecule has 4 rings (SSSR count). The van der Waals surface area contributed by atoms with Crippen molar-refractivity contribution in [1.82, 2.24) is 0 Å². The van der Waals surface area contributed by atoms with E-state index in [0.717, 1.165) is 36.1 Å². The van der Waals surface area contributed by atoms with Gasteiger partial charge >= 0.3 is 0 Å². The molecular weight excluding hydrogens is 408 g/mol. The van der Waals surface area contributed by atoms with Crippen molar-refractivity contribution in [2.45, 2.75) is 116 Å². The average Bonchev–Trinajstić information content (AvgIpc) is 2.88. The van der Waals surface area contributed by atoms with Gasteiger partial charge in [0.1, 0.15) is 18.1 Å². The van der Waals surface area contributed by atoms with Crippen LogP contribution < -0.4 is 4.74 Å². The zero-order valence-corrected chi connectivity index (χ0v) is 20.7. The zero-order valence-electron chi connectivity index (χ0n) is 20.7. The van der Waals surface area contributed by atoms with Gasteiger partial charge in [-0.3, -0.25) is 0 Å². The maximum absolute atomic E-state index is 11.1. The summed E-state index contributed by atoms with van der Waals surface area (Å²) in [6.07, 6.45) is 14.0. The van der Waals surface area contributed by atoms with Crippen LogP contribution in [-0.2, 0) is 18.0 Å². The minimum absolute atomic E-state index is 0.334. The summed E-state index contributed by atoms with van der Waals surface area (Å²) >= 11 is 0. The second kappa shape index (κ2) is 11.9. The predicted octanol–water partition coefficient (Wildman–Crippen LogP) is 8.38. The number of aromatic hydroxyl groups is 1. The van der Waals surface area contributed by atoms with Crippen LogP contribution >= 0.6 is 0 Å². The van der Waals surface area contributed by atoms with E-state index in [1.165, 1.54) is 62.5 Å². The summed E-state index contributed by atoms with van der Waals surface area (Å²) in [4.78, 5) is 0. The van der Waals surface area contributed by atoms with Gasteiger partial charge in [0.2, 0.25) is 0 Å². The molecule has 2 aromatic carbocycles. The first-order valence-corrected chi connectivity index (χ1v) is 13.3. The Morgan fingerprint density at radius 1 is 0.848 bits per heavy atom. The standard InChI is InChI=1S/C30H42O3/c1-3-22(2)23-14-16-29(17-15-23)33-21-27-19-25(24-10-6-4-7-11-24)18-26(30(27)31)20-32-28-12-8-5-9-13-28/h14-19,22,24,28,31H,3-13,20-21H2,1-2H3. The van der Waals surface area contributed by atoms with E-state index >= 15 is 0 Å². The molecule has 0 bridgehead atoms. The van der Waals surface area contributed by atoms with E-state index in [2.05, 4.69) is 50.2 Å². The van der Waals surface area contributed by atoms with Crippen LogP contribution in [0.5, 0.6) is 11.5 Å². The fourth-order valence-electron chi connectivity index (χ4n) is 5.41. The molecule has 2 aliphatic rings. The van der Waals surface area contributed by atoms with Crippen LogP contribution in [0.4, 0.5) is 0 Å². The van der Waals surface area contributed by atoms with E-state index in [-0.39, 0.29) is 0 Å². The van der Waals surface area contributed by atoms with Gasteiger partial charge in [0.05, 0.1) is 12.7 Å². The van der Waals surface area contributed by atoms with Crippen LogP contribution in [0.2, 0.25) is 0 Å². The largest absolute Gasteiger partial charge is 0.507 e. The minimum Gasteiger partial charge on any atom is -0.507 e. The molecule has 0 amide bonds. The highest BCUT2D eigenvalue weighted by atomic mass is 16.5. The normalized spacial score (nSPS) is 18.8. The summed E-state index contributed by atoms with van der Waals surface area (Å²) in [6.45, 7) is 5.34. The van der Waals surface area contributed by atoms with Gasteiger partial charge in [0.15, 0.2) is 0 Å². The monoisotopic (exact) mass is 450 g/mol. The lowest BCUT2D eigenvalue weighted by Crippen LogP contribution is -2.16. The number of phenolic OH excluding ortho intramolecular Hbond substituents is 1. The molecule has 0 heterocycles. The van der Waals surface area contributed by atoms with Crippen LogP contribution in [0.3, 0.4) is 0 Å². The second-order valence-electron chi connectivity index (χ2n) is 10.3. The molecule has 1 N–H and O–H groups in total. The predicted molar refractivity (Wildman–Crippen MR) is 135 cm³/mol. The third kappa shape index (κ3) is 6.53. The van der Waals surface area contributed by atoms with Crippen molar-refractivity contribution in [2.75, 3.05) is 0 Å². The molecule has 2 aromatic rings. The van der Waals surface area contributed by atoms with Crippen molar-refractivity contribution < 1.29 is 14.6 Å². The van der Waals surface area contributed by atoms with Gasteiger partial charge in [-0.1, -0.05) is 64.5 Å². The molecule has 0 saturated heterocycles. The van der Waals surface area contributed by atoms with Crippen LogP contribution in [-0.4, -0.2) is 11.2 Å². The number of hydrogen-bond acceptors (Lipinski definition) is 3. The van der Waals surface area contributed by atoms with Crippen molar-refractivity contribution in [2.24, 2.45) is 0 Å². The lowest BCUT2D eigenvalue weighted by atomic mass is 9.83. The fourth-order valence-corrected chi connectivity index (χ4v) is 5.41. The highest BCUT2D eigenvalue weighted by Gasteiger charge is 2.21. The van der Waals surface area contributed by atoms with Gasteiger partial charge in [0.25, 0.3) is 0 Å². The third-order valence-electron chi connectivity index (χ3n) is 7.85. The minimum atomic E-state index is 0.334. The first-order chi connectivity index (χ1) is 16.1. The topological polar surface area (TPSA) is 38.7 Å². The van der Waals surface area contributed by atoms with Crippen molar-refractivity contribution in [1.29, 1.82) is 0 Å². The van der Waals surface area contributed by atoms with E-state index < -0.39 is 0 Å². The third-order valence-corrected chi connectivity index (χ3v) is 7.85. The zero-order chi connectivity index (χ0) is 23.0. The van der Waals surface area contributed by atoms with E-state index in [1.807, 2.05) is 0 Å². The van der Waals surface area contributed by atoms with E-state index in [1.54, 1.807) is 0 Å². The fraction of sp³-hybridized carbons (Fsp3) is 0.600. The van der Waals surface area contributed by atoms with Crippen molar-refractivity contribution in [3.05, 3.63) is 58.7 Å².